The number of benzene rings is 1. The van der Waals surface area contributed by atoms with Gasteiger partial charge < -0.3 is 5.32 Å². The van der Waals surface area contributed by atoms with Crippen molar-refractivity contribution >= 4 is 17.5 Å². The number of carbonyl (C=O) groups is 1. The Labute approximate surface area is 149 Å². The first-order valence-corrected chi connectivity index (χ1v) is 8.00. The molecule has 0 aliphatic heterocycles. The molecule has 0 spiro atoms. The minimum atomic E-state index is -0.342. The summed E-state index contributed by atoms with van der Waals surface area (Å²) in [5, 5.41) is 7.59. The van der Waals surface area contributed by atoms with Gasteiger partial charge in [0.05, 0.1) is 17.9 Å². The number of hydrogen-bond acceptors (Lipinski definition) is 4. The van der Waals surface area contributed by atoms with Crippen LogP contribution < -0.4 is 10.9 Å². The van der Waals surface area contributed by atoms with E-state index in [4.69, 9.17) is 11.6 Å². The van der Waals surface area contributed by atoms with Gasteiger partial charge in [0.15, 0.2) is 0 Å². The fourth-order valence-electron chi connectivity index (χ4n) is 2.22. The quantitative estimate of drug-likeness (QED) is 0.762. The maximum atomic E-state index is 12.1. The zero-order valence-corrected chi connectivity index (χ0v) is 14.0. The summed E-state index contributed by atoms with van der Waals surface area (Å²) >= 11 is 5.88. The Morgan fingerprint density at radius 1 is 1.08 bits per heavy atom. The van der Waals surface area contributed by atoms with Gasteiger partial charge >= 0.3 is 0 Å². The van der Waals surface area contributed by atoms with E-state index in [-0.39, 0.29) is 18.0 Å². The first-order valence-electron chi connectivity index (χ1n) is 7.62. The highest BCUT2D eigenvalue weighted by Gasteiger charge is 2.08. The van der Waals surface area contributed by atoms with E-state index in [0.717, 1.165) is 15.9 Å². The number of nitrogens with one attached hydrogen (secondary N) is 1. The molecule has 25 heavy (non-hydrogen) atoms. The zero-order valence-electron chi connectivity index (χ0n) is 13.2. The van der Waals surface area contributed by atoms with E-state index < -0.39 is 0 Å². The van der Waals surface area contributed by atoms with Crippen LogP contribution in [0.1, 0.15) is 5.69 Å². The van der Waals surface area contributed by atoms with Gasteiger partial charge in [-0.05, 0) is 30.3 Å². The molecule has 0 saturated carbocycles. The third-order valence-corrected chi connectivity index (χ3v) is 3.74. The summed E-state index contributed by atoms with van der Waals surface area (Å²) in [6, 6.07) is 15.6. The van der Waals surface area contributed by atoms with Crippen molar-refractivity contribution in [1.29, 1.82) is 0 Å². The molecule has 0 aliphatic rings. The van der Waals surface area contributed by atoms with Crippen LogP contribution in [-0.2, 0) is 17.9 Å². The molecule has 3 aromatic rings. The summed E-state index contributed by atoms with van der Waals surface area (Å²) in [6.45, 7) is 0.137. The van der Waals surface area contributed by atoms with Gasteiger partial charge in [-0.1, -0.05) is 29.8 Å². The number of pyridine rings is 1. The van der Waals surface area contributed by atoms with Crippen molar-refractivity contribution in [2.45, 2.75) is 13.1 Å². The Bertz CT molecular complexity index is 924. The fraction of sp³-hybridized carbons (Fsp3) is 0.111. The molecule has 1 aromatic carbocycles. The number of amides is 1. The van der Waals surface area contributed by atoms with E-state index in [1.807, 2.05) is 12.1 Å². The van der Waals surface area contributed by atoms with Crippen LogP contribution in [0.2, 0.25) is 5.02 Å². The van der Waals surface area contributed by atoms with Crippen molar-refractivity contribution in [2.75, 3.05) is 0 Å². The van der Waals surface area contributed by atoms with Crippen LogP contribution in [0.25, 0.3) is 11.3 Å². The second-order valence-corrected chi connectivity index (χ2v) is 5.76. The smallest absolute Gasteiger partial charge is 0.267 e. The number of halogens is 1. The lowest BCUT2D eigenvalue weighted by molar-refractivity contribution is -0.122. The van der Waals surface area contributed by atoms with Gasteiger partial charge in [-0.25, -0.2) is 4.68 Å². The molecule has 0 fully saturated rings. The van der Waals surface area contributed by atoms with Gasteiger partial charge in [0, 0.05) is 22.8 Å². The summed E-state index contributed by atoms with van der Waals surface area (Å²) in [6.07, 6.45) is 1.66. The van der Waals surface area contributed by atoms with Crippen LogP contribution in [0.5, 0.6) is 0 Å². The van der Waals surface area contributed by atoms with E-state index in [9.17, 15) is 9.59 Å². The molecule has 6 nitrogen and oxygen atoms in total. The van der Waals surface area contributed by atoms with Crippen molar-refractivity contribution in [3.63, 3.8) is 0 Å². The van der Waals surface area contributed by atoms with Crippen molar-refractivity contribution in [3.05, 3.63) is 81.9 Å². The molecular weight excluding hydrogens is 340 g/mol. The second kappa shape index (κ2) is 7.72. The van der Waals surface area contributed by atoms with Gasteiger partial charge in [0.25, 0.3) is 5.56 Å². The summed E-state index contributed by atoms with van der Waals surface area (Å²) < 4.78 is 1.14. The molecule has 0 unspecified atom stereocenters. The van der Waals surface area contributed by atoms with E-state index in [2.05, 4.69) is 15.4 Å². The van der Waals surface area contributed by atoms with Crippen molar-refractivity contribution in [2.24, 2.45) is 0 Å². The first-order chi connectivity index (χ1) is 12.1. The molecule has 3 rings (SSSR count). The predicted molar refractivity (Wildman–Crippen MR) is 95.0 cm³/mol. The Balaban J connectivity index is 1.71. The van der Waals surface area contributed by atoms with Gasteiger partial charge in [-0.3, -0.25) is 14.6 Å². The maximum Gasteiger partial charge on any atom is 0.267 e. The standard InChI is InChI=1S/C18H15ClN4O2/c19-14-6-4-13(5-7-14)16-8-9-18(25)23(22-16)12-17(24)21-11-15-3-1-2-10-20-15/h1-10H,11-12H2,(H,21,24). The van der Waals surface area contributed by atoms with Crippen LogP contribution in [0.3, 0.4) is 0 Å². The SMILES string of the molecule is O=C(Cn1nc(-c2ccc(Cl)cc2)ccc1=O)NCc1ccccn1. The Hall–Kier alpha value is -2.99. The molecule has 1 N–H and O–H groups in total. The molecule has 2 aromatic heterocycles. The lowest BCUT2D eigenvalue weighted by atomic mass is 10.1. The molecule has 2 heterocycles. The summed E-state index contributed by atoms with van der Waals surface area (Å²) in [4.78, 5) is 28.2. The third kappa shape index (κ3) is 4.51. The molecule has 126 valence electrons. The molecular formula is C18H15ClN4O2. The number of nitrogens with zero attached hydrogens (tertiary/aromatic N) is 3. The largest absolute Gasteiger partial charge is 0.349 e. The number of hydrogen-bond donors (Lipinski definition) is 1. The third-order valence-electron chi connectivity index (χ3n) is 3.49. The average Bonchev–Trinajstić information content (AvgIpc) is 2.63. The monoisotopic (exact) mass is 354 g/mol. The van der Waals surface area contributed by atoms with Crippen LogP contribution in [-0.4, -0.2) is 20.7 Å². The van der Waals surface area contributed by atoms with Crippen LogP contribution in [0, 0.1) is 0 Å². The van der Waals surface area contributed by atoms with Gasteiger partial charge in [-0.2, -0.15) is 5.10 Å². The highest BCUT2D eigenvalue weighted by Crippen LogP contribution is 2.18. The molecule has 0 saturated heterocycles. The van der Waals surface area contributed by atoms with Crippen LogP contribution in [0.15, 0.2) is 65.6 Å². The summed E-state index contributed by atoms with van der Waals surface area (Å²) in [5.41, 5.74) is 1.80. The number of aromatic nitrogens is 3. The van der Waals surface area contributed by atoms with Gasteiger partial charge in [0.1, 0.15) is 6.54 Å². The van der Waals surface area contributed by atoms with Crippen molar-refractivity contribution in [3.8, 4) is 11.3 Å². The zero-order chi connectivity index (χ0) is 17.6. The van der Waals surface area contributed by atoms with Crippen molar-refractivity contribution in [1.82, 2.24) is 20.1 Å². The highest BCUT2D eigenvalue weighted by molar-refractivity contribution is 6.30. The number of carbonyl (C=O) groups excluding carboxylic acids is 1. The van der Waals surface area contributed by atoms with Crippen molar-refractivity contribution < 1.29 is 4.79 Å². The van der Waals surface area contributed by atoms with Crippen LogP contribution >= 0.6 is 11.6 Å². The van der Waals surface area contributed by atoms with E-state index in [1.54, 1.807) is 42.6 Å². The van der Waals surface area contributed by atoms with Gasteiger partial charge in [-0.15, -0.1) is 0 Å². The maximum absolute atomic E-state index is 12.1. The van der Waals surface area contributed by atoms with Crippen LogP contribution in [0.4, 0.5) is 0 Å². The Kier molecular flexibility index (Phi) is 5.20. The average molecular weight is 355 g/mol. The minimum Gasteiger partial charge on any atom is -0.349 e. The normalized spacial score (nSPS) is 10.4. The molecule has 0 bridgehead atoms. The van der Waals surface area contributed by atoms with E-state index >= 15 is 0 Å². The summed E-state index contributed by atoms with van der Waals surface area (Å²) in [7, 11) is 0. The van der Waals surface area contributed by atoms with Gasteiger partial charge in [0.2, 0.25) is 5.91 Å². The molecule has 1 amide bonds. The lowest BCUT2D eigenvalue weighted by Crippen LogP contribution is -2.33. The highest BCUT2D eigenvalue weighted by atomic mass is 35.5. The van der Waals surface area contributed by atoms with E-state index in [0.29, 0.717) is 17.3 Å². The summed E-state index contributed by atoms with van der Waals surface area (Å²) in [5.74, 6) is -0.312. The molecule has 0 radical (unpaired) electrons. The topological polar surface area (TPSA) is 76.9 Å². The predicted octanol–water partition coefficient (Wildman–Crippen LogP) is 2.28. The Morgan fingerprint density at radius 3 is 2.60 bits per heavy atom. The number of rotatable bonds is 5. The molecule has 7 heteroatoms. The minimum absolute atomic E-state index is 0.160. The Morgan fingerprint density at radius 2 is 1.88 bits per heavy atom. The molecule has 0 atom stereocenters. The fourth-order valence-corrected chi connectivity index (χ4v) is 2.35. The molecule has 0 aliphatic carbocycles. The van der Waals surface area contributed by atoms with E-state index in [1.165, 1.54) is 6.07 Å². The second-order valence-electron chi connectivity index (χ2n) is 5.32. The lowest BCUT2D eigenvalue weighted by Gasteiger charge is -2.08. The first kappa shape index (κ1) is 16.9.